The molecule has 1 rings (SSSR count). The molecule has 0 spiro atoms. The van der Waals surface area contributed by atoms with Gasteiger partial charge in [0.15, 0.2) is 0 Å². The zero-order chi connectivity index (χ0) is 12.0. The van der Waals surface area contributed by atoms with Crippen LogP contribution in [0.2, 0.25) is 0 Å². The lowest BCUT2D eigenvalue weighted by Crippen LogP contribution is -2.47. The highest BCUT2D eigenvalue weighted by Crippen LogP contribution is 2.18. The Bertz CT molecular complexity index is 222. The van der Waals surface area contributed by atoms with Crippen molar-refractivity contribution in [3.8, 4) is 0 Å². The Balaban J connectivity index is 2.38. The number of rotatable bonds is 5. The van der Waals surface area contributed by atoms with Crippen LogP contribution in [0.4, 0.5) is 0 Å². The van der Waals surface area contributed by atoms with Crippen molar-refractivity contribution < 1.29 is 19.4 Å². The van der Waals surface area contributed by atoms with Crippen LogP contribution in [0.15, 0.2) is 0 Å². The number of methoxy groups -OCH3 is 2. The SMILES string of the molecule is COCCCN1CC[C@@H](O)[C@H](C(=O)OC)C1. The van der Waals surface area contributed by atoms with E-state index < -0.39 is 12.0 Å². The van der Waals surface area contributed by atoms with Crippen LogP contribution in [0.3, 0.4) is 0 Å². The molecule has 0 saturated carbocycles. The second-order valence-corrected chi connectivity index (χ2v) is 4.13. The van der Waals surface area contributed by atoms with Crippen molar-refractivity contribution in [2.45, 2.75) is 18.9 Å². The van der Waals surface area contributed by atoms with Crippen molar-refractivity contribution in [1.82, 2.24) is 4.90 Å². The molecule has 0 aliphatic carbocycles. The first-order valence-corrected chi connectivity index (χ1v) is 5.66. The van der Waals surface area contributed by atoms with Gasteiger partial charge in [0.2, 0.25) is 0 Å². The molecule has 94 valence electrons. The van der Waals surface area contributed by atoms with Crippen molar-refractivity contribution in [3.63, 3.8) is 0 Å². The highest BCUT2D eigenvalue weighted by molar-refractivity contribution is 5.73. The molecule has 0 radical (unpaired) electrons. The molecule has 0 amide bonds. The minimum absolute atomic E-state index is 0.316. The van der Waals surface area contributed by atoms with Crippen LogP contribution in [0.5, 0.6) is 0 Å². The molecular formula is C11H21NO4. The Morgan fingerprint density at radius 3 is 2.88 bits per heavy atom. The highest BCUT2D eigenvalue weighted by atomic mass is 16.5. The van der Waals surface area contributed by atoms with Crippen LogP contribution >= 0.6 is 0 Å². The molecule has 1 aliphatic rings. The summed E-state index contributed by atoms with van der Waals surface area (Å²) in [6.45, 7) is 3.03. The fourth-order valence-corrected chi connectivity index (χ4v) is 2.03. The molecule has 0 aromatic rings. The fraction of sp³-hybridized carbons (Fsp3) is 0.909. The standard InChI is InChI=1S/C11H21NO4/c1-15-7-3-5-12-6-4-10(13)9(8-12)11(14)16-2/h9-10,13H,3-8H2,1-2H3/t9-,10-/m1/s1. The summed E-state index contributed by atoms with van der Waals surface area (Å²) in [5, 5.41) is 9.71. The van der Waals surface area contributed by atoms with Crippen molar-refractivity contribution in [2.24, 2.45) is 5.92 Å². The molecular weight excluding hydrogens is 210 g/mol. The molecule has 1 fully saturated rings. The molecule has 0 unspecified atom stereocenters. The zero-order valence-corrected chi connectivity index (χ0v) is 10.0. The quantitative estimate of drug-likeness (QED) is 0.528. The van der Waals surface area contributed by atoms with E-state index in [-0.39, 0.29) is 5.97 Å². The number of nitrogens with zero attached hydrogens (tertiary/aromatic N) is 1. The van der Waals surface area contributed by atoms with Gasteiger partial charge in [0.05, 0.1) is 19.1 Å². The summed E-state index contributed by atoms with van der Waals surface area (Å²) in [6.07, 6.45) is 1.01. The smallest absolute Gasteiger partial charge is 0.312 e. The number of carbonyl (C=O) groups excluding carboxylic acids is 1. The van der Waals surface area contributed by atoms with Gasteiger partial charge in [-0.15, -0.1) is 0 Å². The minimum atomic E-state index is -0.564. The predicted octanol–water partition coefficient (Wildman–Crippen LogP) is -0.121. The predicted molar refractivity (Wildman–Crippen MR) is 59.1 cm³/mol. The van der Waals surface area contributed by atoms with E-state index in [1.165, 1.54) is 7.11 Å². The van der Waals surface area contributed by atoms with E-state index in [1.807, 2.05) is 0 Å². The average Bonchev–Trinajstić information content (AvgIpc) is 2.30. The second kappa shape index (κ2) is 6.83. The first-order chi connectivity index (χ1) is 7.69. The molecule has 0 aromatic heterocycles. The summed E-state index contributed by atoms with van der Waals surface area (Å²) in [6, 6.07) is 0. The van der Waals surface area contributed by atoms with Crippen molar-refractivity contribution in [2.75, 3.05) is 40.5 Å². The average molecular weight is 231 g/mol. The summed E-state index contributed by atoms with van der Waals surface area (Å²) in [7, 11) is 3.04. The Hall–Kier alpha value is -0.650. The summed E-state index contributed by atoms with van der Waals surface area (Å²) >= 11 is 0. The number of likely N-dealkylation sites (tertiary alicyclic amines) is 1. The maximum atomic E-state index is 11.4. The molecule has 0 aromatic carbocycles. The van der Waals surface area contributed by atoms with Crippen LogP contribution in [0.25, 0.3) is 0 Å². The minimum Gasteiger partial charge on any atom is -0.469 e. The summed E-state index contributed by atoms with van der Waals surface area (Å²) in [5.41, 5.74) is 0. The summed E-state index contributed by atoms with van der Waals surface area (Å²) in [4.78, 5) is 13.6. The van der Waals surface area contributed by atoms with Gasteiger partial charge in [-0.25, -0.2) is 0 Å². The van der Waals surface area contributed by atoms with Crippen LogP contribution < -0.4 is 0 Å². The number of hydrogen-bond acceptors (Lipinski definition) is 5. The topological polar surface area (TPSA) is 59.0 Å². The maximum absolute atomic E-state index is 11.4. The molecule has 2 atom stereocenters. The van der Waals surface area contributed by atoms with Gasteiger partial charge in [-0.05, 0) is 12.8 Å². The van der Waals surface area contributed by atoms with E-state index >= 15 is 0 Å². The molecule has 5 nitrogen and oxygen atoms in total. The number of esters is 1. The van der Waals surface area contributed by atoms with Gasteiger partial charge in [0.1, 0.15) is 0 Å². The van der Waals surface area contributed by atoms with Crippen LogP contribution in [-0.4, -0.2) is 62.5 Å². The lowest BCUT2D eigenvalue weighted by atomic mass is 9.95. The Morgan fingerprint density at radius 2 is 2.25 bits per heavy atom. The van der Waals surface area contributed by atoms with Gasteiger partial charge in [-0.1, -0.05) is 0 Å². The van der Waals surface area contributed by atoms with Crippen LogP contribution in [0.1, 0.15) is 12.8 Å². The van der Waals surface area contributed by atoms with E-state index in [0.717, 1.165) is 26.1 Å². The number of hydrogen-bond donors (Lipinski definition) is 1. The number of aliphatic hydroxyl groups is 1. The second-order valence-electron chi connectivity index (χ2n) is 4.13. The molecule has 0 bridgehead atoms. The van der Waals surface area contributed by atoms with Gasteiger partial charge >= 0.3 is 5.97 Å². The third-order valence-corrected chi connectivity index (χ3v) is 2.99. The van der Waals surface area contributed by atoms with Crippen molar-refractivity contribution in [3.05, 3.63) is 0 Å². The maximum Gasteiger partial charge on any atom is 0.312 e. The lowest BCUT2D eigenvalue weighted by Gasteiger charge is -2.34. The van der Waals surface area contributed by atoms with Crippen molar-refractivity contribution in [1.29, 1.82) is 0 Å². The Morgan fingerprint density at radius 1 is 1.50 bits per heavy atom. The molecule has 1 N–H and O–H groups in total. The van der Waals surface area contributed by atoms with Crippen LogP contribution in [0, 0.1) is 5.92 Å². The Kier molecular flexibility index (Phi) is 5.73. The number of aliphatic hydroxyl groups excluding tert-OH is 1. The van der Waals surface area contributed by atoms with Gasteiger partial charge in [-0.2, -0.15) is 0 Å². The van der Waals surface area contributed by atoms with E-state index in [9.17, 15) is 9.90 Å². The fourth-order valence-electron chi connectivity index (χ4n) is 2.03. The van der Waals surface area contributed by atoms with Gasteiger partial charge in [0, 0.05) is 33.4 Å². The molecule has 5 heteroatoms. The third kappa shape index (κ3) is 3.73. The Labute approximate surface area is 96.3 Å². The number of carbonyl (C=O) groups is 1. The summed E-state index contributed by atoms with van der Waals surface area (Å²) in [5.74, 6) is -0.717. The van der Waals surface area contributed by atoms with Gasteiger partial charge in [-0.3, -0.25) is 4.79 Å². The van der Waals surface area contributed by atoms with Crippen molar-refractivity contribution >= 4 is 5.97 Å². The third-order valence-electron chi connectivity index (χ3n) is 2.99. The van der Waals surface area contributed by atoms with E-state index in [4.69, 9.17) is 4.74 Å². The summed E-state index contributed by atoms with van der Waals surface area (Å²) < 4.78 is 9.67. The number of piperidine rings is 1. The van der Waals surface area contributed by atoms with Crippen LogP contribution in [-0.2, 0) is 14.3 Å². The van der Waals surface area contributed by atoms with E-state index in [2.05, 4.69) is 9.64 Å². The normalized spacial score (nSPS) is 26.7. The monoisotopic (exact) mass is 231 g/mol. The largest absolute Gasteiger partial charge is 0.469 e. The molecule has 16 heavy (non-hydrogen) atoms. The van der Waals surface area contributed by atoms with Gasteiger partial charge in [0.25, 0.3) is 0 Å². The first-order valence-electron chi connectivity index (χ1n) is 5.66. The molecule has 1 heterocycles. The first kappa shape index (κ1) is 13.4. The van der Waals surface area contributed by atoms with E-state index in [1.54, 1.807) is 7.11 Å². The molecule has 1 saturated heterocycles. The highest BCUT2D eigenvalue weighted by Gasteiger charge is 2.33. The van der Waals surface area contributed by atoms with Gasteiger partial charge < -0.3 is 19.5 Å². The number of ether oxygens (including phenoxy) is 2. The molecule has 1 aliphatic heterocycles. The van der Waals surface area contributed by atoms with E-state index in [0.29, 0.717) is 13.0 Å². The lowest BCUT2D eigenvalue weighted by molar-refractivity contribution is -0.152. The zero-order valence-electron chi connectivity index (χ0n) is 10.0.